The first-order valence-corrected chi connectivity index (χ1v) is 5.05. The molecule has 0 aromatic carbocycles. The van der Waals surface area contributed by atoms with Crippen molar-refractivity contribution in [1.82, 2.24) is 20.3 Å². The van der Waals surface area contributed by atoms with Crippen LogP contribution in [0.2, 0.25) is 0 Å². The maximum Gasteiger partial charge on any atom is 0.0964 e. The molecule has 5 heteroatoms. The van der Waals surface area contributed by atoms with Crippen LogP contribution in [0.15, 0.2) is 6.20 Å². The van der Waals surface area contributed by atoms with Gasteiger partial charge in [0, 0.05) is 25.3 Å². The largest absolute Gasteiger partial charge is 0.389 e. The average molecular weight is 212 g/mol. The molecule has 1 aromatic rings. The summed E-state index contributed by atoms with van der Waals surface area (Å²) in [4.78, 5) is 0. The van der Waals surface area contributed by atoms with Gasteiger partial charge in [-0.1, -0.05) is 5.21 Å². The van der Waals surface area contributed by atoms with E-state index in [1.54, 1.807) is 18.5 Å². The first kappa shape index (κ1) is 12.1. The first-order chi connectivity index (χ1) is 6.72. The van der Waals surface area contributed by atoms with Crippen LogP contribution in [0.1, 0.15) is 33.4 Å². The van der Waals surface area contributed by atoms with Crippen molar-refractivity contribution in [3.63, 3.8) is 0 Å². The van der Waals surface area contributed by atoms with Gasteiger partial charge in [-0.15, -0.1) is 5.10 Å². The Morgan fingerprint density at radius 2 is 2.00 bits per heavy atom. The molecule has 0 aliphatic carbocycles. The smallest absolute Gasteiger partial charge is 0.0964 e. The number of hydrogen-bond donors (Lipinski definition) is 2. The molecule has 1 heterocycles. The molecule has 15 heavy (non-hydrogen) atoms. The fraction of sp³-hybridized carbons (Fsp3) is 0.800. The highest BCUT2D eigenvalue weighted by Gasteiger charge is 2.34. The third kappa shape index (κ3) is 3.00. The van der Waals surface area contributed by atoms with Crippen LogP contribution in [-0.4, -0.2) is 31.2 Å². The van der Waals surface area contributed by atoms with Crippen molar-refractivity contribution in [3.8, 4) is 0 Å². The topological polar surface area (TPSA) is 63.0 Å². The Bertz CT molecular complexity index is 324. The molecule has 0 saturated carbocycles. The molecule has 0 spiro atoms. The quantitative estimate of drug-likeness (QED) is 0.761. The van der Waals surface area contributed by atoms with E-state index in [9.17, 15) is 5.11 Å². The van der Waals surface area contributed by atoms with Crippen molar-refractivity contribution >= 4 is 0 Å². The number of nitrogens with one attached hydrogen (secondary N) is 1. The van der Waals surface area contributed by atoms with Crippen LogP contribution in [0.4, 0.5) is 0 Å². The van der Waals surface area contributed by atoms with Gasteiger partial charge in [0.25, 0.3) is 0 Å². The predicted octanol–water partition coefficient (Wildman–Crippen LogP) is 0.454. The molecule has 0 radical (unpaired) electrons. The normalized spacial score (nSPS) is 13.2. The zero-order valence-electron chi connectivity index (χ0n) is 10.1. The van der Waals surface area contributed by atoms with E-state index in [0.29, 0.717) is 6.54 Å². The van der Waals surface area contributed by atoms with Gasteiger partial charge in [-0.25, -0.2) is 0 Å². The number of hydrogen-bond acceptors (Lipinski definition) is 4. The summed E-state index contributed by atoms with van der Waals surface area (Å²) in [6.07, 6.45) is 1.85. The zero-order chi connectivity index (χ0) is 11.7. The van der Waals surface area contributed by atoms with E-state index in [1.165, 1.54) is 0 Å². The van der Waals surface area contributed by atoms with Crippen molar-refractivity contribution in [2.45, 2.75) is 45.4 Å². The molecule has 0 unspecified atom stereocenters. The molecule has 0 fully saturated rings. The Balaban J connectivity index is 2.57. The van der Waals surface area contributed by atoms with E-state index in [-0.39, 0.29) is 5.54 Å². The average Bonchev–Trinajstić information content (AvgIpc) is 2.46. The van der Waals surface area contributed by atoms with Gasteiger partial charge in [0.05, 0.1) is 11.3 Å². The molecule has 0 aliphatic rings. The minimum atomic E-state index is -0.783. The number of nitrogens with zero attached hydrogens (tertiary/aromatic N) is 3. The third-order valence-corrected chi connectivity index (χ3v) is 2.89. The second-order valence-corrected chi connectivity index (χ2v) is 4.92. The monoisotopic (exact) mass is 212 g/mol. The first-order valence-electron chi connectivity index (χ1n) is 5.05. The Kier molecular flexibility index (Phi) is 3.16. The Morgan fingerprint density at radius 3 is 2.40 bits per heavy atom. The predicted molar refractivity (Wildman–Crippen MR) is 58.2 cm³/mol. The van der Waals surface area contributed by atoms with Crippen molar-refractivity contribution < 1.29 is 5.11 Å². The lowest BCUT2D eigenvalue weighted by molar-refractivity contribution is -0.00546. The maximum absolute atomic E-state index is 9.92. The summed E-state index contributed by atoms with van der Waals surface area (Å²) in [5, 5.41) is 21.0. The van der Waals surface area contributed by atoms with Crippen LogP contribution in [0.5, 0.6) is 0 Å². The Hall–Kier alpha value is -0.940. The summed E-state index contributed by atoms with van der Waals surface area (Å²) in [5.41, 5.74) is -0.283. The maximum atomic E-state index is 9.92. The minimum absolute atomic E-state index is 0.371. The van der Waals surface area contributed by atoms with Crippen molar-refractivity contribution in [3.05, 3.63) is 11.9 Å². The molecule has 1 rings (SSSR count). The molecule has 0 saturated heterocycles. The van der Waals surface area contributed by atoms with E-state index in [4.69, 9.17) is 0 Å². The lowest BCUT2D eigenvalue weighted by atomic mass is 9.86. The summed E-state index contributed by atoms with van der Waals surface area (Å²) >= 11 is 0. The number of aryl methyl sites for hydroxylation is 1. The summed E-state index contributed by atoms with van der Waals surface area (Å²) in [5.74, 6) is 0. The third-order valence-electron chi connectivity index (χ3n) is 2.89. The van der Waals surface area contributed by atoms with Crippen LogP contribution in [-0.2, 0) is 13.6 Å². The van der Waals surface area contributed by atoms with Crippen molar-refractivity contribution in [2.75, 3.05) is 0 Å². The number of aliphatic hydroxyl groups is 1. The second-order valence-electron chi connectivity index (χ2n) is 4.92. The summed E-state index contributed by atoms with van der Waals surface area (Å²) in [6, 6.07) is 0. The van der Waals surface area contributed by atoms with Gasteiger partial charge in [-0.2, -0.15) is 0 Å². The van der Waals surface area contributed by atoms with Gasteiger partial charge < -0.3 is 10.4 Å². The fourth-order valence-electron chi connectivity index (χ4n) is 1.00. The number of aromatic nitrogens is 3. The highest BCUT2D eigenvalue weighted by Crippen LogP contribution is 2.20. The van der Waals surface area contributed by atoms with E-state index in [0.717, 1.165) is 5.69 Å². The van der Waals surface area contributed by atoms with Gasteiger partial charge in [0.2, 0.25) is 0 Å². The van der Waals surface area contributed by atoms with Crippen LogP contribution in [0.3, 0.4) is 0 Å². The summed E-state index contributed by atoms with van der Waals surface area (Å²) in [7, 11) is 1.83. The highest BCUT2D eigenvalue weighted by atomic mass is 16.3. The lowest BCUT2D eigenvalue weighted by Gasteiger charge is -2.38. The van der Waals surface area contributed by atoms with Crippen LogP contribution >= 0.6 is 0 Å². The second kappa shape index (κ2) is 3.90. The van der Waals surface area contributed by atoms with E-state index < -0.39 is 5.60 Å². The van der Waals surface area contributed by atoms with Gasteiger partial charge in [0.1, 0.15) is 0 Å². The van der Waals surface area contributed by atoms with Crippen LogP contribution < -0.4 is 5.32 Å². The number of rotatable bonds is 4. The van der Waals surface area contributed by atoms with Crippen LogP contribution in [0, 0.1) is 0 Å². The molecule has 2 N–H and O–H groups in total. The molecule has 0 amide bonds. The van der Waals surface area contributed by atoms with E-state index in [1.807, 2.05) is 27.1 Å². The van der Waals surface area contributed by atoms with Gasteiger partial charge >= 0.3 is 0 Å². The standard InChI is InChI=1S/C10H20N4O/c1-9(2,10(3,4)15)11-6-8-7-14(5)13-12-8/h7,11,15H,6H2,1-5H3. The lowest BCUT2D eigenvalue weighted by Crippen LogP contribution is -2.55. The molecule has 0 atom stereocenters. The van der Waals surface area contributed by atoms with Gasteiger partial charge in [-0.3, -0.25) is 4.68 Å². The molecule has 1 aromatic heterocycles. The zero-order valence-corrected chi connectivity index (χ0v) is 10.1. The molecular weight excluding hydrogens is 192 g/mol. The van der Waals surface area contributed by atoms with Crippen LogP contribution in [0.25, 0.3) is 0 Å². The molecule has 86 valence electrons. The fourth-order valence-corrected chi connectivity index (χ4v) is 1.00. The molecule has 5 nitrogen and oxygen atoms in total. The Labute approximate surface area is 90.5 Å². The van der Waals surface area contributed by atoms with Crippen molar-refractivity contribution in [1.29, 1.82) is 0 Å². The minimum Gasteiger partial charge on any atom is -0.389 e. The molecule has 0 aliphatic heterocycles. The van der Waals surface area contributed by atoms with E-state index >= 15 is 0 Å². The highest BCUT2D eigenvalue weighted by molar-refractivity contribution is 4.98. The van der Waals surface area contributed by atoms with Gasteiger partial charge in [0.15, 0.2) is 0 Å². The summed E-state index contributed by atoms with van der Waals surface area (Å²) < 4.78 is 1.66. The summed E-state index contributed by atoms with van der Waals surface area (Å²) in [6.45, 7) is 8.10. The van der Waals surface area contributed by atoms with Crippen molar-refractivity contribution in [2.24, 2.45) is 7.05 Å². The molecule has 0 bridgehead atoms. The molecular formula is C10H20N4O. The Morgan fingerprint density at radius 1 is 1.40 bits per heavy atom. The van der Waals surface area contributed by atoms with Gasteiger partial charge in [-0.05, 0) is 27.7 Å². The van der Waals surface area contributed by atoms with E-state index in [2.05, 4.69) is 15.6 Å². The SMILES string of the molecule is Cn1cc(CNC(C)(C)C(C)(C)O)nn1.